The summed E-state index contributed by atoms with van der Waals surface area (Å²) in [5, 5.41) is 20.4. The van der Waals surface area contributed by atoms with Crippen LogP contribution in [0.5, 0.6) is 0 Å². The summed E-state index contributed by atoms with van der Waals surface area (Å²) in [6.07, 6.45) is 0.375. The Hall–Kier alpha value is -1.13. The van der Waals surface area contributed by atoms with Gasteiger partial charge in [-0.2, -0.15) is 0 Å². The number of rotatable bonds is 0. The summed E-state index contributed by atoms with van der Waals surface area (Å²) in [5.74, 6) is -0.336. The number of aliphatic hydroxyl groups excluding tert-OH is 2. The molecule has 2 fully saturated rings. The third kappa shape index (κ3) is 1.56. The monoisotopic (exact) mass is 264 g/mol. The molecule has 4 nitrogen and oxygen atoms in total. The first kappa shape index (κ1) is 12.9. The van der Waals surface area contributed by atoms with E-state index in [-0.39, 0.29) is 18.0 Å². The van der Waals surface area contributed by atoms with Crippen molar-refractivity contribution in [1.29, 1.82) is 0 Å². The Labute approximate surface area is 112 Å². The highest BCUT2D eigenvalue weighted by Crippen LogP contribution is 2.55. The van der Waals surface area contributed by atoms with Crippen LogP contribution in [0.15, 0.2) is 23.3 Å². The molecule has 19 heavy (non-hydrogen) atoms. The SMILES string of the molecule is C=C1C(=O)O[C@@H]2C3=C(C)[C@H](O)C[C@H](O)[C@]3(C)CC[C@@H]12. The second-order valence-electron chi connectivity index (χ2n) is 6.28. The van der Waals surface area contributed by atoms with E-state index in [2.05, 4.69) is 6.58 Å². The lowest BCUT2D eigenvalue weighted by Crippen LogP contribution is -2.49. The van der Waals surface area contributed by atoms with Crippen LogP contribution in [0.4, 0.5) is 0 Å². The van der Waals surface area contributed by atoms with Crippen LogP contribution in [0.25, 0.3) is 0 Å². The molecule has 0 aromatic heterocycles. The van der Waals surface area contributed by atoms with Gasteiger partial charge >= 0.3 is 5.97 Å². The van der Waals surface area contributed by atoms with E-state index >= 15 is 0 Å². The largest absolute Gasteiger partial charge is 0.454 e. The van der Waals surface area contributed by atoms with Gasteiger partial charge in [0.2, 0.25) is 0 Å². The van der Waals surface area contributed by atoms with E-state index in [1.807, 2.05) is 13.8 Å². The second kappa shape index (κ2) is 3.93. The fourth-order valence-electron chi connectivity index (χ4n) is 3.96. The van der Waals surface area contributed by atoms with E-state index < -0.39 is 17.6 Å². The smallest absolute Gasteiger partial charge is 0.334 e. The Morgan fingerprint density at radius 3 is 2.79 bits per heavy atom. The minimum absolute atomic E-state index is 0.00280. The zero-order valence-corrected chi connectivity index (χ0v) is 11.3. The molecular formula is C15H20O4. The average Bonchev–Trinajstić information content (AvgIpc) is 2.63. The van der Waals surface area contributed by atoms with E-state index in [1.165, 1.54) is 0 Å². The maximum absolute atomic E-state index is 11.7. The van der Waals surface area contributed by atoms with Crippen molar-refractivity contribution in [2.24, 2.45) is 11.3 Å². The van der Waals surface area contributed by atoms with Gasteiger partial charge in [-0.15, -0.1) is 0 Å². The molecule has 1 heterocycles. The van der Waals surface area contributed by atoms with Crippen LogP contribution < -0.4 is 0 Å². The first-order valence-corrected chi connectivity index (χ1v) is 6.83. The van der Waals surface area contributed by atoms with Crippen molar-refractivity contribution < 1.29 is 19.7 Å². The Morgan fingerprint density at radius 2 is 2.11 bits per heavy atom. The van der Waals surface area contributed by atoms with E-state index in [1.54, 1.807) is 0 Å². The van der Waals surface area contributed by atoms with Crippen LogP contribution in [0, 0.1) is 11.3 Å². The molecule has 0 bridgehead atoms. The van der Waals surface area contributed by atoms with Crippen molar-refractivity contribution >= 4 is 5.97 Å². The first-order valence-electron chi connectivity index (χ1n) is 6.83. The van der Waals surface area contributed by atoms with Gasteiger partial charge in [-0.1, -0.05) is 13.5 Å². The van der Waals surface area contributed by atoms with Crippen molar-refractivity contribution in [3.63, 3.8) is 0 Å². The van der Waals surface area contributed by atoms with Gasteiger partial charge in [0.1, 0.15) is 6.10 Å². The van der Waals surface area contributed by atoms with E-state index in [4.69, 9.17) is 4.74 Å². The van der Waals surface area contributed by atoms with Gasteiger partial charge in [0.05, 0.1) is 12.2 Å². The van der Waals surface area contributed by atoms with Crippen LogP contribution in [0.2, 0.25) is 0 Å². The van der Waals surface area contributed by atoms with Crippen molar-refractivity contribution in [3.05, 3.63) is 23.3 Å². The second-order valence-corrected chi connectivity index (χ2v) is 6.28. The van der Waals surface area contributed by atoms with Crippen LogP contribution in [-0.4, -0.2) is 34.5 Å². The maximum atomic E-state index is 11.7. The number of aliphatic hydroxyl groups is 2. The fraction of sp³-hybridized carbons (Fsp3) is 0.667. The molecule has 0 aromatic carbocycles. The van der Waals surface area contributed by atoms with Crippen LogP contribution in [0.3, 0.4) is 0 Å². The number of hydrogen-bond donors (Lipinski definition) is 2. The standard InChI is InChI=1S/C15H20O4/c1-7-9-4-5-15(3)11(17)6-10(16)8(2)12(15)13(9)19-14(7)18/h9-11,13,16-17H,1,4-6H2,2-3H3/t9-,10+,11-,13-,15-/m0/s1. The molecule has 0 radical (unpaired) electrons. The van der Waals surface area contributed by atoms with Crippen LogP contribution in [0.1, 0.15) is 33.1 Å². The van der Waals surface area contributed by atoms with Gasteiger partial charge < -0.3 is 14.9 Å². The molecular weight excluding hydrogens is 244 g/mol. The highest BCUT2D eigenvalue weighted by molar-refractivity contribution is 5.91. The summed E-state index contributed by atoms with van der Waals surface area (Å²) >= 11 is 0. The highest BCUT2D eigenvalue weighted by Gasteiger charge is 2.55. The third-order valence-electron chi connectivity index (χ3n) is 5.29. The summed E-state index contributed by atoms with van der Waals surface area (Å²) in [4.78, 5) is 11.7. The molecule has 1 aliphatic heterocycles. The zero-order valence-electron chi connectivity index (χ0n) is 11.3. The molecule has 3 aliphatic rings. The molecule has 0 unspecified atom stereocenters. The lowest BCUT2D eigenvalue weighted by molar-refractivity contribution is -0.139. The fourth-order valence-corrected chi connectivity index (χ4v) is 3.96. The first-order chi connectivity index (χ1) is 8.86. The van der Waals surface area contributed by atoms with Crippen LogP contribution >= 0.6 is 0 Å². The molecule has 1 saturated heterocycles. The highest BCUT2D eigenvalue weighted by atomic mass is 16.6. The number of esters is 1. The van der Waals surface area contributed by atoms with Gasteiger partial charge in [-0.05, 0) is 30.9 Å². The summed E-state index contributed by atoms with van der Waals surface area (Å²) < 4.78 is 5.46. The van der Waals surface area contributed by atoms with Gasteiger partial charge in [-0.3, -0.25) is 0 Å². The predicted molar refractivity (Wildman–Crippen MR) is 69.2 cm³/mol. The summed E-state index contributed by atoms with van der Waals surface area (Å²) in [6.45, 7) is 7.70. The van der Waals surface area contributed by atoms with Crippen molar-refractivity contribution in [2.45, 2.75) is 51.4 Å². The zero-order chi connectivity index (χ0) is 13.9. The van der Waals surface area contributed by atoms with Crippen molar-refractivity contribution in [3.8, 4) is 0 Å². The molecule has 0 amide bonds. The molecule has 0 spiro atoms. The number of carbonyl (C=O) groups excluding carboxylic acids is 1. The van der Waals surface area contributed by atoms with E-state index in [0.29, 0.717) is 12.0 Å². The summed E-state index contributed by atoms with van der Waals surface area (Å²) in [5.41, 5.74) is 1.91. The van der Waals surface area contributed by atoms with Gasteiger partial charge in [0, 0.05) is 23.3 Å². The number of ether oxygens (including phenoxy) is 1. The van der Waals surface area contributed by atoms with E-state index in [0.717, 1.165) is 24.0 Å². The molecule has 5 atom stereocenters. The summed E-state index contributed by atoms with van der Waals surface area (Å²) in [6, 6.07) is 0. The van der Waals surface area contributed by atoms with E-state index in [9.17, 15) is 15.0 Å². The van der Waals surface area contributed by atoms with Crippen molar-refractivity contribution in [2.75, 3.05) is 0 Å². The molecule has 1 saturated carbocycles. The molecule has 3 rings (SSSR count). The van der Waals surface area contributed by atoms with Crippen molar-refractivity contribution in [1.82, 2.24) is 0 Å². The summed E-state index contributed by atoms with van der Waals surface area (Å²) in [7, 11) is 0. The van der Waals surface area contributed by atoms with Gasteiger partial charge in [0.15, 0.2) is 0 Å². The quantitative estimate of drug-likeness (QED) is 0.393. The maximum Gasteiger partial charge on any atom is 0.334 e. The average molecular weight is 264 g/mol. The molecule has 4 heteroatoms. The van der Waals surface area contributed by atoms with Crippen LogP contribution in [-0.2, 0) is 9.53 Å². The predicted octanol–water partition coefficient (Wildman–Crippen LogP) is 1.33. The minimum atomic E-state index is -0.649. The Bertz CT molecular complexity index is 492. The Kier molecular flexibility index (Phi) is 2.67. The third-order valence-corrected chi connectivity index (χ3v) is 5.29. The topological polar surface area (TPSA) is 66.8 Å². The normalized spacial score (nSPS) is 45.9. The molecule has 0 aromatic rings. The number of carbonyl (C=O) groups is 1. The van der Waals surface area contributed by atoms with Gasteiger partial charge in [0.25, 0.3) is 0 Å². The molecule has 2 aliphatic carbocycles. The number of hydrogen-bond acceptors (Lipinski definition) is 4. The van der Waals surface area contributed by atoms with Gasteiger partial charge in [-0.25, -0.2) is 4.79 Å². The lowest BCUT2D eigenvalue weighted by atomic mass is 9.58. The molecule has 104 valence electrons. The minimum Gasteiger partial charge on any atom is -0.454 e. The Balaban J connectivity index is 2.11. The number of fused-ring (bicyclic) bond motifs is 3. The Morgan fingerprint density at radius 1 is 1.42 bits per heavy atom. The lowest BCUT2D eigenvalue weighted by Gasteiger charge is -2.49. The molecule has 2 N–H and O–H groups in total.